The zero-order chi connectivity index (χ0) is 18.5. The first kappa shape index (κ1) is 18.0. The number of halogens is 1. The van der Waals surface area contributed by atoms with E-state index in [1.807, 2.05) is 12.1 Å². The Kier molecular flexibility index (Phi) is 5.61. The summed E-state index contributed by atoms with van der Waals surface area (Å²) in [6, 6.07) is 10.2. The van der Waals surface area contributed by atoms with Gasteiger partial charge in [-0.15, -0.1) is 0 Å². The number of urea groups is 1. The summed E-state index contributed by atoms with van der Waals surface area (Å²) in [7, 11) is 3.22. The second kappa shape index (κ2) is 8.08. The van der Waals surface area contributed by atoms with Crippen molar-refractivity contribution in [1.82, 2.24) is 10.2 Å². The van der Waals surface area contributed by atoms with Crippen LogP contribution < -0.4 is 14.8 Å². The molecule has 2 aromatic carbocycles. The summed E-state index contributed by atoms with van der Waals surface area (Å²) in [5, 5.41) is 2.93. The number of rotatable bonds is 5. The zero-order valence-corrected chi connectivity index (χ0v) is 15.0. The van der Waals surface area contributed by atoms with Crippen molar-refractivity contribution in [3.63, 3.8) is 0 Å². The summed E-state index contributed by atoms with van der Waals surface area (Å²) in [4.78, 5) is 14.2. The normalized spacial score (nSPS) is 13.1. The van der Waals surface area contributed by atoms with Gasteiger partial charge in [0.1, 0.15) is 5.82 Å². The van der Waals surface area contributed by atoms with Crippen molar-refractivity contribution < 1.29 is 18.7 Å². The fourth-order valence-corrected chi connectivity index (χ4v) is 3.13. The zero-order valence-electron chi connectivity index (χ0n) is 15.0. The van der Waals surface area contributed by atoms with E-state index in [0.29, 0.717) is 37.6 Å². The van der Waals surface area contributed by atoms with E-state index in [-0.39, 0.29) is 11.8 Å². The van der Waals surface area contributed by atoms with Gasteiger partial charge in [0, 0.05) is 19.6 Å². The minimum absolute atomic E-state index is 0.0902. The molecule has 5 nitrogen and oxygen atoms in total. The first-order valence-electron chi connectivity index (χ1n) is 8.61. The molecule has 0 aliphatic carbocycles. The van der Waals surface area contributed by atoms with E-state index in [2.05, 4.69) is 5.32 Å². The predicted molar refractivity (Wildman–Crippen MR) is 97.2 cm³/mol. The minimum atomic E-state index is -0.253. The number of benzene rings is 2. The fourth-order valence-electron chi connectivity index (χ4n) is 3.13. The number of nitrogens with zero attached hydrogens (tertiary/aromatic N) is 1. The molecule has 0 bridgehead atoms. The number of amides is 2. The van der Waals surface area contributed by atoms with Gasteiger partial charge in [-0.25, -0.2) is 9.18 Å². The lowest BCUT2D eigenvalue weighted by atomic mass is 9.99. The van der Waals surface area contributed by atoms with Gasteiger partial charge in [0.25, 0.3) is 0 Å². The van der Waals surface area contributed by atoms with Gasteiger partial charge in [0.05, 0.1) is 14.2 Å². The van der Waals surface area contributed by atoms with E-state index in [9.17, 15) is 9.18 Å². The molecule has 1 aliphatic heterocycles. The molecular formula is C20H23FN2O3. The van der Waals surface area contributed by atoms with E-state index in [1.54, 1.807) is 31.3 Å². The molecule has 3 rings (SSSR count). The van der Waals surface area contributed by atoms with Gasteiger partial charge in [-0.1, -0.05) is 12.1 Å². The van der Waals surface area contributed by atoms with Crippen LogP contribution in [0.4, 0.5) is 9.18 Å². The van der Waals surface area contributed by atoms with Crippen LogP contribution in [0.25, 0.3) is 0 Å². The Labute approximate surface area is 152 Å². The molecule has 0 spiro atoms. The third-order valence-corrected chi connectivity index (χ3v) is 4.61. The molecular weight excluding hydrogens is 335 g/mol. The lowest BCUT2D eigenvalue weighted by Crippen LogP contribution is -2.43. The van der Waals surface area contributed by atoms with Crippen molar-refractivity contribution in [2.75, 3.05) is 27.3 Å². The van der Waals surface area contributed by atoms with Crippen LogP contribution in [0.5, 0.6) is 11.5 Å². The summed E-state index contributed by atoms with van der Waals surface area (Å²) in [5.41, 5.74) is 3.24. The first-order chi connectivity index (χ1) is 12.6. The van der Waals surface area contributed by atoms with Crippen LogP contribution in [-0.2, 0) is 19.4 Å². The van der Waals surface area contributed by atoms with Crippen LogP contribution in [0.3, 0.4) is 0 Å². The highest BCUT2D eigenvalue weighted by atomic mass is 19.1. The molecule has 0 atom stereocenters. The van der Waals surface area contributed by atoms with Crippen LogP contribution in [-0.4, -0.2) is 38.2 Å². The van der Waals surface area contributed by atoms with E-state index >= 15 is 0 Å². The molecule has 0 fully saturated rings. The Morgan fingerprint density at radius 2 is 1.77 bits per heavy atom. The molecule has 2 amide bonds. The highest BCUT2D eigenvalue weighted by Crippen LogP contribution is 2.33. The number of carbonyl (C=O) groups excluding carboxylic acids is 1. The average molecular weight is 358 g/mol. The minimum Gasteiger partial charge on any atom is -0.493 e. The fraction of sp³-hybridized carbons (Fsp3) is 0.350. The largest absolute Gasteiger partial charge is 0.493 e. The van der Waals surface area contributed by atoms with Crippen molar-refractivity contribution in [2.45, 2.75) is 19.4 Å². The quantitative estimate of drug-likeness (QED) is 0.893. The molecule has 26 heavy (non-hydrogen) atoms. The second-order valence-corrected chi connectivity index (χ2v) is 6.26. The van der Waals surface area contributed by atoms with Gasteiger partial charge in [0.2, 0.25) is 0 Å². The predicted octanol–water partition coefficient (Wildman–Crippen LogP) is 3.15. The Balaban J connectivity index is 1.57. The third kappa shape index (κ3) is 4.07. The lowest BCUT2D eigenvalue weighted by Gasteiger charge is -2.29. The molecule has 6 heteroatoms. The summed E-state index contributed by atoms with van der Waals surface area (Å²) >= 11 is 0. The van der Waals surface area contributed by atoms with Crippen LogP contribution in [0.2, 0.25) is 0 Å². The molecule has 1 heterocycles. The standard InChI is InChI=1S/C20H23FN2O3/c1-25-18-11-15-8-10-23(13-16(15)12-19(18)26-2)20(24)22-9-7-14-3-5-17(21)6-4-14/h3-6,11-12H,7-10,13H2,1-2H3,(H,22,24). The maximum absolute atomic E-state index is 12.9. The maximum atomic E-state index is 12.9. The van der Waals surface area contributed by atoms with Crippen molar-refractivity contribution in [1.29, 1.82) is 0 Å². The number of ether oxygens (including phenoxy) is 2. The smallest absolute Gasteiger partial charge is 0.317 e. The molecule has 0 saturated carbocycles. The monoisotopic (exact) mass is 358 g/mol. The van der Waals surface area contributed by atoms with Gasteiger partial charge in [-0.3, -0.25) is 0 Å². The number of hydrogen-bond acceptors (Lipinski definition) is 3. The van der Waals surface area contributed by atoms with Crippen molar-refractivity contribution in [3.05, 3.63) is 58.9 Å². The number of methoxy groups -OCH3 is 2. The highest BCUT2D eigenvalue weighted by Gasteiger charge is 2.22. The molecule has 1 N–H and O–H groups in total. The van der Waals surface area contributed by atoms with Gasteiger partial charge >= 0.3 is 6.03 Å². The van der Waals surface area contributed by atoms with Gasteiger partial charge in [-0.2, -0.15) is 0 Å². The number of hydrogen-bond donors (Lipinski definition) is 1. The number of carbonyl (C=O) groups is 1. The van der Waals surface area contributed by atoms with Gasteiger partial charge in [0.15, 0.2) is 11.5 Å². The van der Waals surface area contributed by atoms with E-state index in [1.165, 1.54) is 17.7 Å². The molecule has 0 saturated heterocycles. The Morgan fingerprint density at radius 1 is 1.12 bits per heavy atom. The molecule has 0 radical (unpaired) electrons. The molecule has 1 aliphatic rings. The SMILES string of the molecule is COc1cc2c(cc1OC)CN(C(=O)NCCc1ccc(F)cc1)CC2. The Hall–Kier alpha value is -2.76. The van der Waals surface area contributed by atoms with E-state index in [0.717, 1.165) is 17.5 Å². The van der Waals surface area contributed by atoms with Gasteiger partial charge < -0.3 is 19.7 Å². The van der Waals surface area contributed by atoms with E-state index < -0.39 is 0 Å². The Bertz CT molecular complexity index is 777. The highest BCUT2D eigenvalue weighted by molar-refractivity contribution is 5.74. The van der Waals surface area contributed by atoms with Crippen LogP contribution in [0.1, 0.15) is 16.7 Å². The summed E-state index contributed by atoms with van der Waals surface area (Å²) < 4.78 is 23.6. The Morgan fingerprint density at radius 3 is 2.42 bits per heavy atom. The first-order valence-corrected chi connectivity index (χ1v) is 8.61. The van der Waals surface area contributed by atoms with Gasteiger partial charge in [-0.05, 0) is 53.8 Å². The lowest BCUT2D eigenvalue weighted by molar-refractivity contribution is 0.192. The van der Waals surface area contributed by atoms with Crippen molar-refractivity contribution in [2.24, 2.45) is 0 Å². The molecule has 0 unspecified atom stereocenters. The van der Waals surface area contributed by atoms with E-state index in [4.69, 9.17) is 9.47 Å². The summed E-state index contributed by atoms with van der Waals surface area (Å²) in [6.07, 6.45) is 1.45. The maximum Gasteiger partial charge on any atom is 0.317 e. The van der Waals surface area contributed by atoms with Crippen LogP contribution in [0, 0.1) is 5.82 Å². The summed E-state index contributed by atoms with van der Waals surface area (Å²) in [6.45, 7) is 1.71. The van der Waals surface area contributed by atoms with Crippen LogP contribution in [0.15, 0.2) is 36.4 Å². The number of nitrogens with one attached hydrogen (secondary N) is 1. The van der Waals surface area contributed by atoms with Crippen molar-refractivity contribution in [3.8, 4) is 11.5 Å². The summed E-state index contributed by atoms with van der Waals surface area (Å²) in [5.74, 6) is 1.13. The third-order valence-electron chi connectivity index (χ3n) is 4.61. The second-order valence-electron chi connectivity index (χ2n) is 6.26. The average Bonchev–Trinajstić information content (AvgIpc) is 2.67. The molecule has 138 valence electrons. The molecule has 0 aromatic heterocycles. The number of fused-ring (bicyclic) bond motifs is 1. The van der Waals surface area contributed by atoms with Crippen molar-refractivity contribution >= 4 is 6.03 Å². The topological polar surface area (TPSA) is 50.8 Å². The molecule has 2 aromatic rings. The van der Waals surface area contributed by atoms with Crippen LogP contribution >= 0.6 is 0 Å².